The minimum atomic E-state index is -0.106. The zero-order valence-corrected chi connectivity index (χ0v) is 17.6. The van der Waals surface area contributed by atoms with Crippen molar-refractivity contribution in [1.82, 2.24) is 20.9 Å². The lowest BCUT2D eigenvalue weighted by molar-refractivity contribution is -0.123. The Morgan fingerprint density at radius 2 is 1.97 bits per heavy atom. The summed E-state index contributed by atoms with van der Waals surface area (Å²) in [4.78, 5) is 30.3. The van der Waals surface area contributed by atoms with Crippen molar-refractivity contribution >= 4 is 17.8 Å². The van der Waals surface area contributed by atoms with Crippen molar-refractivity contribution in [1.29, 1.82) is 0 Å². The molecular formula is C22H33N5O2. The molecule has 0 atom stereocenters. The molecule has 3 N–H and O–H groups in total. The number of hydrogen-bond donors (Lipinski definition) is 3. The second kappa shape index (κ2) is 9.76. The fraction of sp³-hybridized carbons (Fsp3) is 0.591. The van der Waals surface area contributed by atoms with Crippen molar-refractivity contribution in [2.45, 2.75) is 46.1 Å². The summed E-state index contributed by atoms with van der Waals surface area (Å²) in [6.07, 6.45) is 5.12. The van der Waals surface area contributed by atoms with Crippen LogP contribution in [0.25, 0.3) is 0 Å². The first-order valence-electron chi connectivity index (χ1n) is 10.7. The molecule has 0 spiro atoms. The molecule has 7 heteroatoms. The first kappa shape index (κ1) is 21.1. The highest BCUT2D eigenvalue weighted by Gasteiger charge is 2.34. The minimum absolute atomic E-state index is 0.102. The van der Waals surface area contributed by atoms with Gasteiger partial charge in [0.05, 0.1) is 13.1 Å². The largest absolute Gasteiger partial charge is 0.357 e. The first-order chi connectivity index (χ1) is 14.0. The van der Waals surface area contributed by atoms with E-state index in [0.717, 1.165) is 24.6 Å². The van der Waals surface area contributed by atoms with E-state index in [4.69, 9.17) is 4.99 Å². The van der Waals surface area contributed by atoms with Crippen molar-refractivity contribution in [2.24, 2.45) is 10.4 Å². The lowest BCUT2D eigenvalue weighted by Gasteiger charge is -2.41. The van der Waals surface area contributed by atoms with Gasteiger partial charge < -0.3 is 20.9 Å². The van der Waals surface area contributed by atoms with E-state index < -0.39 is 0 Å². The molecule has 1 saturated carbocycles. The van der Waals surface area contributed by atoms with E-state index in [1.165, 1.54) is 25.7 Å². The number of benzene rings is 1. The molecule has 1 aliphatic heterocycles. The second-order valence-electron chi connectivity index (χ2n) is 8.03. The standard InChI is InChI=1S/C22H33N5O2/c1-3-22(10-5-11-22)16-26-21(23-4-2)25-14-17-6-8-18(9-7-17)20(29)27-13-12-24-19(28)15-27/h6-9H,3-5,10-16H2,1-2H3,(H,24,28)(H2,23,25,26). The van der Waals surface area contributed by atoms with Gasteiger partial charge in [-0.3, -0.25) is 9.59 Å². The highest BCUT2D eigenvalue weighted by atomic mass is 16.2. The lowest BCUT2D eigenvalue weighted by Crippen LogP contribution is -2.49. The Bertz CT molecular complexity index is 735. The van der Waals surface area contributed by atoms with Crippen LogP contribution in [0, 0.1) is 5.41 Å². The van der Waals surface area contributed by atoms with Gasteiger partial charge in [-0.2, -0.15) is 0 Å². The van der Waals surface area contributed by atoms with Crippen LogP contribution < -0.4 is 16.0 Å². The first-order valence-corrected chi connectivity index (χ1v) is 10.7. The Morgan fingerprint density at radius 3 is 2.55 bits per heavy atom. The van der Waals surface area contributed by atoms with Crippen LogP contribution in [0.2, 0.25) is 0 Å². The number of rotatable bonds is 7. The van der Waals surface area contributed by atoms with Gasteiger partial charge in [0.1, 0.15) is 0 Å². The van der Waals surface area contributed by atoms with Gasteiger partial charge >= 0.3 is 0 Å². The molecule has 1 saturated heterocycles. The molecule has 1 aromatic carbocycles. The average molecular weight is 400 g/mol. The smallest absolute Gasteiger partial charge is 0.254 e. The van der Waals surface area contributed by atoms with Crippen LogP contribution in [0.4, 0.5) is 0 Å². The number of hydrogen-bond acceptors (Lipinski definition) is 3. The van der Waals surface area contributed by atoms with Gasteiger partial charge in [-0.1, -0.05) is 25.5 Å². The van der Waals surface area contributed by atoms with E-state index >= 15 is 0 Å². The van der Waals surface area contributed by atoms with Crippen molar-refractivity contribution in [2.75, 3.05) is 32.7 Å². The quantitative estimate of drug-likeness (QED) is 0.483. The average Bonchev–Trinajstić information content (AvgIpc) is 2.71. The van der Waals surface area contributed by atoms with E-state index in [0.29, 0.717) is 30.6 Å². The highest BCUT2D eigenvalue weighted by molar-refractivity contribution is 5.97. The summed E-state index contributed by atoms with van der Waals surface area (Å²) in [7, 11) is 0. The van der Waals surface area contributed by atoms with Crippen molar-refractivity contribution in [3.8, 4) is 0 Å². The monoisotopic (exact) mass is 399 g/mol. The van der Waals surface area contributed by atoms with Gasteiger partial charge in [0.15, 0.2) is 5.96 Å². The Labute approximate surface area is 173 Å². The van der Waals surface area contributed by atoms with Crippen LogP contribution in [0.5, 0.6) is 0 Å². The maximum absolute atomic E-state index is 12.5. The molecule has 1 aliphatic carbocycles. The number of carbonyl (C=O) groups excluding carboxylic acids is 2. The van der Waals surface area contributed by atoms with E-state index in [2.05, 4.69) is 29.8 Å². The van der Waals surface area contributed by atoms with Crippen LogP contribution in [-0.4, -0.2) is 55.4 Å². The molecule has 0 unspecified atom stereocenters. The van der Waals surface area contributed by atoms with E-state index in [1.807, 2.05) is 24.3 Å². The summed E-state index contributed by atoms with van der Waals surface area (Å²) >= 11 is 0. The number of nitrogens with one attached hydrogen (secondary N) is 3. The molecule has 2 amide bonds. The zero-order valence-electron chi connectivity index (χ0n) is 17.6. The van der Waals surface area contributed by atoms with Crippen molar-refractivity contribution in [3.05, 3.63) is 35.4 Å². The van der Waals surface area contributed by atoms with E-state index in [9.17, 15) is 9.59 Å². The van der Waals surface area contributed by atoms with Gasteiger partial charge in [-0.05, 0) is 49.3 Å². The Morgan fingerprint density at radius 1 is 1.21 bits per heavy atom. The number of carbonyl (C=O) groups is 2. The molecule has 2 aliphatic rings. The van der Waals surface area contributed by atoms with Crippen LogP contribution in [0.3, 0.4) is 0 Å². The Kier molecular flexibility index (Phi) is 7.12. The summed E-state index contributed by atoms with van der Waals surface area (Å²) in [6.45, 7) is 7.86. The van der Waals surface area contributed by atoms with Crippen LogP contribution in [-0.2, 0) is 11.3 Å². The van der Waals surface area contributed by atoms with Crippen LogP contribution >= 0.6 is 0 Å². The second-order valence-corrected chi connectivity index (χ2v) is 8.03. The number of piperazine rings is 1. The zero-order chi connectivity index (χ0) is 20.7. The highest BCUT2D eigenvalue weighted by Crippen LogP contribution is 2.42. The predicted octanol–water partition coefficient (Wildman–Crippen LogP) is 1.89. The molecule has 0 aromatic heterocycles. The summed E-state index contributed by atoms with van der Waals surface area (Å²) in [6, 6.07) is 7.51. The number of aliphatic imine (C=N–C) groups is 1. The number of nitrogens with zero attached hydrogens (tertiary/aromatic N) is 2. The van der Waals surface area contributed by atoms with Crippen LogP contribution in [0.15, 0.2) is 29.3 Å². The topological polar surface area (TPSA) is 85.8 Å². The summed E-state index contributed by atoms with van der Waals surface area (Å²) in [5, 5.41) is 9.55. The number of guanidine groups is 1. The normalized spacial score (nSPS) is 18.6. The summed E-state index contributed by atoms with van der Waals surface area (Å²) in [5.74, 6) is 0.632. The number of amides is 2. The lowest BCUT2D eigenvalue weighted by atomic mass is 9.67. The molecule has 0 radical (unpaired) electrons. The molecule has 7 nitrogen and oxygen atoms in total. The predicted molar refractivity (Wildman–Crippen MR) is 115 cm³/mol. The third-order valence-electron chi connectivity index (χ3n) is 6.09. The molecule has 0 bridgehead atoms. The molecule has 3 rings (SSSR count). The third-order valence-corrected chi connectivity index (χ3v) is 6.09. The van der Waals surface area contributed by atoms with E-state index in [-0.39, 0.29) is 18.4 Å². The fourth-order valence-corrected chi connectivity index (χ4v) is 3.86. The Hall–Kier alpha value is -2.57. The molecular weight excluding hydrogens is 366 g/mol. The Balaban J connectivity index is 1.56. The molecule has 1 heterocycles. The molecule has 29 heavy (non-hydrogen) atoms. The van der Waals surface area contributed by atoms with Gasteiger partial charge in [0, 0.05) is 31.7 Å². The summed E-state index contributed by atoms with van der Waals surface area (Å²) < 4.78 is 0. The molecule has 2 fully saturated rings. The minimum Gasteiger partial charge on any atom is -0.357 e. The van der Waals surface area contributed by atoms with Gasteiger partial charge in [0.25, 0.3) is 5.91 Å². The summed E-state index contributed by atoms with van der Waals surface area (Å²) in [5.41, 5.74) is 2.08. The van der Waals surface area contributed by atoms with Gasteiger partial charge in [-0.25, -0.2) is 4.99 Å². The van der Waals surface area contributed by atoms with E-state index in [1.54, 1.807) is 4.90 Å². The van der Waals surface area contributed by atoms with Crippen LogP contribution in [0.1, 0.15) is 55.5 Å². The molecule has 158 valence electrons. The maximum atomic E-state index is 12.5. The maximum Gasteiger partial charge on any atom is 0.254 e. The third kappa shape index (κ3) is 5.49. The molecule has 1 aromatic rings. The van der Waals surface area contributed by atoms with Gasteiger partial charge in [-0.15, -0.1) is 0 Å². The fourth-order valence-electron chi connectivity index (χ4n) is 3.86. The SMILES string of the molecule is CCNC(=NCc1ccc(C(=O)N2CCNC(=O)C2)cc1)NCC1(CC)CCC1. The van der Waals surface area contributed by atoms with Gasteiger partial charge in [0.2, 0.25) is 5.91 Å². The van der Waals surface area contributed by atoms with Crippen molar-refractivity contribution in [3.63, 3.8) is 0 Å². The van der Waals surface area contributed by atoms with Crippen molar-refractivity contribution < 1.29 is 9.59 Å².